The molecule has 26 heavy (non-hydrogen) atoms. The maximum Gasteiger partial charge on any atom is 0.217 e. The van der Waals surface area contributed by atoms with Crippen LogP contribution in [-0.4, -0.2) is 30.8 Å². The third kappa shape index (κ3) is 2.75. The van der Waals surface area contributed by atoms with Crippen LogP contribution in [0.25, 0.3) is 28.2 Å². The fraction of sp³-hybridized carbons (Fsp3) is 0.118. The number of fused-ring (bicyclic) bond motifs is 1. The van der Waals surface area contributed by atoms with E-state index in [-0.39, 0.29) is 11.7 Å². The number of primary amides is 1. The lowest BCUT2D eigenvalue weighted by Crippen LogP contribution is -2.11. The number of anilines is 1. The normalized spacial score (nSPS) is 11.1. The fourth-order valence-corrected chi connectivity index (χ4v) is 2.78. The second-order valence-electron chi connectivity index (χ2n) is 5.77. The van der Waals surface area contributed by atoms with Crippen LogP contribution in [0.3, 0.4) is 0 Å². The van der Waals surface area contributed by atoms with Crippen molar-refractivity contribution in [2.24, 2.45) is 5.73 Å². The molecule has 0 fully saturated rings. The van der Waals surface area contributed by atoms with Crippen molar-refractivity contribution in [2.75, 3.05) is 5.73 Å². The molecule has 4 rings (SSSR count). The Hall–Kier alpha value is -3.75. The van der Waals surface area contributed by atoms with Crippen LogP contribution in [0, 0.1) is 0 Å². The van der Waals surface area contributed by atoms with Crippen LogP contribution >= 0.6 is 0 Å². The van der Waals surface area contributed by atoms with Gasteiger partial charge in [0.25, 0.3) is 0 Å². The summed E-state index contributed by atoms with van der Waals surface area (Å²) in [6.45, 7) is 0. The first-order valence-electron chi connectivity index (χ1n) is 7.92. The van der Waals surface area contributed by atoms with E-state index in [1.54, 1.807) is 12.4 Å². The van der Waals surface area contributed by atoms with Crippen LogP contribution in [0.15, 0.2) is 47.4 Å². The smallest absolute Gasteiger partial charge is 0.217 e. The number of aryl methyl sites for hydroxylation is 1. The molecule has 1 aromatic carbocycles. The van der Waals surface area contributed by atoms with E-state index in [4.69, 9.17) is 16.1 Å². The minimum Gasteiger partial charge on any atom is -0.379 e. The topological polar surface area (TPSA) is 139 Å². The molecule has 3 aromatic heterocycles. The van der Waals surface area contributed by atoms with Crippen molar-refractivity contribution in [3.05, 3.63) is 48.3 Å². The number of rotatable bonds is 5. The molecule has 130 valence electrons. The van der Waals surface area contributed by atoms with Gasteiger partial charge in [-0.3, -0.25) is 14.3 Å². The average molecular weight is 349 g/mol. The fourth-order valence-electron chi connectivity index (χ4n) is 2.78. The van der Waals surface area contributed by atoms with Gasteiger partial charge >= 0.3 is 0 Å². The van der Waals surface area contributed by atoms with Crippen molar-refractivity contribution >= 4 is 22.8 Å². The summed E-state index contributed by atoms with van der Waals surface area (Å²) in [6, 6.07) is 9.62. The van der Waals surface area contributed by atoms with Crippen molar-refractivity contribution in [1.82, 2.24) is 24.8 Å². The van der Waals surface area contributed by atoms with E-state index in [9.17, 15) is 4.79 Å². The lowest BCUT2D eigenvalue weighted by atomic mass is 10.1. The summed E-state index contributed by atoms with van der Waals surface area (Å²) in [7, 11) is 0. The van der Waals surface area contributed by atoms with Gasteiger partial charge in [-0.05, 0) is 40.5 Å². The summed E-state index contributed by atoms with van der Waals surface area (Å²) in [6.07, 6.45) is 4.26. The first-order chi connectivity index (χ1) is 12.6. The summed E-state index contributed by atoms with van der Waals surface area (Å²) in [4.78, 5) is 19.6. The van der Waals surface area contributed by atoms with Gasteiger partial charge in [0.2, 0.25) is 5.91 Å². The van der Waals surface area contributed by atoms with Crippen molar-refractivity contribution in [3.8, 4) is 17.2 Å². The van der Waals surface area contributed by atoms with Gasteiger partial charge in [-0.2, -0.15) is 0 Å². The lowest BCUT2D eigenvalue weighted by Gasteiger charge is -2.09. The molecule has 3 heterocycles. The number of hydrogen-bond donors (Lipinski definition) is 2. The molecular weight excluding hydrogens is 334 g/mol. The largest absolute Gasteiger partial charge is 0.379 e. The van der Waals surface area contributed by atoms with Gasteiger partial charge in [0.15, 0.2) is 17.3 Å². The lowest BCUT2D eigenvalue weighted by molar-refractivity contribution is -0.117. The molecular formula is C17H15N7O2. The van der Waals surface area contributed by atoms with Gasteiger partial charge in [-0.1, -0.05) is 12.1 Å². The van der Waals surface area contributed by atoms with Gasteiger partial charge in [0.1, 0.15) is 5.52 Å². The average Bonchev–Trinajstić information content (AvgIpc) is 3.23. The Morgan fingerprint density at radius 3 is 2.65 bits per heavy atom. The summed E-state index contributed by atoms with van der Waals surface area (Å²) < 4.78 is 6.63. The number of benzene rings is 1. The van der Waals surface area contributed by atoms with Gasteiger partial charge in [0, 0.05) is 18.3 Å². The highest BCUT2D eigenvalue weighted by molar-refractivity contribution is 5.83. The Labute approximate surface area is 147 Å². The van der Waals surface area contributed by atoms with E-state index in [0.717, 1.165) is 16.8 Å². The van der Waals surface area contributed by atoms with Crippen molar-refractivity contribution in [2.45, 2.75) is 12.8 Å². The number of nitrogens with zero attached hydrogens (tertiary/aromatic N) is 5. The first kappa shape index (κ1) is 15.8. The van der Waals surface area contributed by atoms with Gasteiger partial charge < -0.3 is 11.5 Å². The van der Waals surface area contributed by atoms with Crippen LogP contribution in [-0.2, 0) is 11.2 Å². The molecule has 0 radical (unpaired) electrons. The Morgan fingerprint density at radius 1 is 1.15 bits per heavy atom. The number of carbonyl (C=O) groups excluding carboxylic acids is 1. The molecule has 1 amide bonds. The van der Waals surface area contributed by atoms with E-state index >= 15 is 0 Å². The van der Waals surface area contributed by atoms with Gasteiger partial charge in [-0.15, -0.1) is 0 Å². The zero-order valence-corrected chi connectivity index (χ0v) is 13.7. The number of imidazole rings is 1. The summed E-state index contributed by atoms with van der Waals surface area (Å²) >= 11 is 0. The monoisotopic (exact) mass is 349 g/mol. The third-order valence-corrected chi connectivity index (χ3v) is 4.04. The molecule has 4 N–H and O–H groups in total. The number of carbonyl (C=O) groups is 1. The molecule has 0 aliphatic rings. The van der Waals surface area contributed by atoms with Crippen LogP contribution in [0.5, 0.6) is 0 Å². The number of nitrogen functional groups attached to an aromatic ring is 1. The molecule has 0 aliphatic carbocycles. The van der Waals surface area contributed by atoms with E-state index in [1.165, 1.54) is 0 Å². The summed E-state index contributed by atoms with van der Waals surface area (Å²) in [5, 5.41) is 7.50. The molecule has 4 aromatic rings. The second kappa shape index (κ2) is 6.28. The Bertz CT molecular complexity index is 1080. The van der Waals surface area contributed by atoms with E-state index in [2.05, 4.69) is 20.3 Å². The number of pyridine rings is 1. The Morgan fingerprint density at radius 2 is 1.96 bits per heavy atom. The maximum atomic E-state index is 11.0. The second-order valence-corrected chi connectivity index (χ2v) is 5.77. The number of aromatic nitrogens is 5. The van der Waals surface area contributed by atoms with E-state index < -0.39 is 0 Å². The molecule has 0 spiro atoms. The standard InChI is InChI=1S/C17H15N7O2/c18-14(25)6-3-10-1-4-11(5-2-10)24-13-7-8-20-9-12(13)21-17(24)15-16(19)23-26-22-15/h1-2,4-5,7-9H,3,6H2,(H2,18,25)(H2,19,23). The first-order valence-corrected chi connectivity index (χ1v) is 7.92. The highest BCUT2D eigenvalue weighted by Gasteiger charge is 2.20. The minimum atomic E-state index is -0.321. The van der Waals surface area contributed by atoms with Crippen LogP contribution in [0.1, 0.15) is 12.0 Å². The molecule has 0 unspecified atom stereocenters. The van der Waals surface area contributed by atoms with Crippen LogP contribution < -0.4 is 11.5 Å². The minimum absolute atomic E-state index is 0.160. The molecule has 0 atom stereocenters. The quantitative estimate of drug-likeness (QED) is 0.556. The van der Waals surface area contributed by atoms with Crippen LogP contribution in [0.2, 0.25) is 0 Å². The third-order valence-electron chi connectivity index (χ3n) is 4.04. The predicted octanol–water partition coefficient (Wildman–Crippen LogP) is 1.47. The highest BCUT2D eigenvalue weighted by atomic mass is 16.6. The van der Waals surface area contributed by atoms with Gasteiger partial charge in [-0.25, -0.2) is 9.61 Å². The van der Waals surface area contributed by atoms with E-state index in [1.807, 2.05) is 34.9 Å². The number of nitrogens with two attached hydrogens (primary N) is 2. The summed E-state index contributed by atoms with van der Waals surface area (Å²) in [5.41, 5.74) is 14.8. The molecule has 9 heteroatoms. The Balaban J connectivity index is 1.83. The van der Waals surface area contributed by atoms with E-state index in [0.29, 0.717) is 29.9 Å². The Kier molecular flexibility index (Phi) is 3.81. The number of hydrogen-bond acceptors (Lipinski definition) is 7. The predicted molar refractivity (Wildman–Crippen MR) is 94.1 cm³/mol. The van der Waals surface area contributed by atoms with Crippen molar-refractivity contribution in [1.29, 1.82) is 0 Å². The van der Waals surface area contributed by atoms with Crippen molar-refractivity contribution in [3.63, 3.8) is 0 Å². The maximum absolute atomic E-state index is 11.0. The number of amides is 1. The zero-order chi connectivity index (χ0) is 18.1. The molecule has 0 bridgehead atoms. The SMILES string of the molecule is NC(=O)CCc1ccc(-n2c(-c3nonc3N)nc3cnccc32)cc1. The molecule has 0 saturated heterocycles. The van der Waals surface area contributed by atoms with Crippen molar-refractivity contribution < 1.29 is 9.42 Å². The molecule has 0 saturated carbocycles. The zero-order valence-electron chi connectivity index (χ0n) is 13.7. The van der Waals surface area contributed by atoms with Crippen LogP contribution in [0.4, 0.5) is 5.82 Å². The van der Waals surface area contributed by atoms with Gasteiger partial charge in [0.05, 0.1) is 11.7 Å². The molecule has 9 nitrogen and oxygen atoms in total. The molecule has 0 aliphatic heterocycles. The summed E-state index contributed by atoms with van der Waals surface area (Å²) in [5.74, 6) is 0.350. The highest BCUT2D eigenvalue weighted by Crippen LogP contribution is 2.29.